The average molecular weight is 228 g/mol. The number of amides is 1. The molecular weight excluding hydrogens is 204 g/mol. The van der Waals surface area contributed by atoms with Crippen LogP contribution < -0.4 is 11.1 Å². The second kappa shape index (κ2) is 6.86. The molecule has 3 unspecified atom stereocenters. The van der Waals surface area contributed by atoms with Crippen molar-refractivity contribution in [2.45, 2.75) is 57.6 Å². The highest BCUT2D eigenvalue weighted by Crippen LogP contribution is 2.22. The Bertz CT molecular complexity index is 219. The summed E-state index contributed by atoms with van der Waals surface area (Å²) >= 11 is 0. The van der Waals surface area contributed by atoms with Crippen LogP contribution in [0.1, 0.15) is 45.4 Å². The van der Waals surface area contributed by atoms with Crippen molar-refractivity contribution in [3.63, 3.8) is 0 Å². The van der Waals surface area contributed by atoms with E-state index < -0.39 is 0 Å². The first-order chi connectivity index (χ1) is 7.59. The largest absolute Gasteiger partial charge is 0.393 e. The Morgan fingerprint density at radius 3 is 2.94 bits per heavy atom. The van der Waals surface area contributed by atoms with Gasteiger partial charge in [-0.1, -0.05) is 6.42 Å². The van der Waals surface area contributed by atoms with E-state index in [2.05, 4.69) is 5.32 Å². The quantitative estimate of drug-likeness (QED) is 0.609. The van der Waals surface area contributed by atoms with Crippen LogP contribution in [0.3, 0.4) is 0 Å². The van der Waals surface area contributed by atoms with Crippen molar-refractivity contribution in [1.29, 1.82) is 0 Å². The van der Waals surface area contributed by atoms with Gasteiger partial charge in [-0.25, -0.2) is 0 Å². The molecule has 94 valence electrons. The van der Waals surface area contributed by atoms with Gasteiger partial charge in [0.2, 0.25) is 5.91 Å². The molecule has 0 saturated heterocycles. The molecule has 1 aliphatic rings. The van der Waals surface area contributed by atoms with Crippen LogP contribution in [0.4, 0.5) is 0 Å². The first-order valence-corrected chi connectivity index (χ1v) is 6.31. The zero-order valence-electron chi connectivity index (χ0n) is 10.1. The number of aliphatic hydroxyl groups excluding tert-OH is 1. The molecule has 16 heavy (non-hydrogen) atoms. The summed E-state index contributed by atoms with van der Waals surface area (Å²) in [6, 6.07) is 0.196. The lowest BCUT2D eigenvalue weighted by atomic mass is 9.85. The lowest BCUT2D eigenvalue weighted by molar-refractivity contribution is -0.126. The fourth-order valence-electron chi connectivity index (χ4n) is 2.22. The fraction of sp³-hybridized carbons (Fsp3) is 0.917. The summed E-state index contributed by atoms with van der Waals surface area (Å²) in [6.07, 6.45) is 5.20. The molecule has 0 aliphatic heterocycles. The van der Waals surface area contributed by atoms with E-state index in [1.165, 1.54) is 0 Å². The summed E-state index contributed by atoms with van der Waals surface area (Å²) in [6.45, 7) is 2.43. The third-order valence-corrected chi connectivity index (χ3v) is 3.18. The molecule has 0 aromatic heterocycles. The molecule has 4 heteroatoms. The number of hydrogen-bond donors (Lipinski definition) is 3. The maximum Gasteiger partial charge on any atom is 0.223 e. The minimum atomic E-state index is -0.278. The van der Waals surface area contributed by atoms with Gasteiger partial charge < -0.3 is 16.2 Å². The van der Waals surface area contributed by atoms with Gasteiger partial charge in [0.15, 0.2) is 0 Å². The molecule has 3 atom stereocenters. The van der Waals surface area contributed by atoms with Crippen LogP contribution in [0.25, 0.3) is 0 Å². The predicted octanol–water partition coefficient (Wildman–Crippen LogP) is 0.781. The van der Waals surface area contributed by atoms with Crippen LogP contribution in [0, 0.1) is 5.92 Å². The molecule has 0 bridgehead atoms. The Morgan fingerprint density at radius 1 is 1.56 bits per heavy atom. The molecule has 1 amide bonds. The lowest BCUT2D eigenvalue weighted by Crippen LogP contribution is -2.38. The van der Waals surface area contributed by atoms with E-state index in [0.29, 0.717) is 6.54 Å². The summed E-state index contributed by atoms with van der Waals surface area (Å²) in [5.74, 6) is 0.246. The van der Waals surface area contributed by atoms with Crippen molar-refractivity contribution in [3.8, 4) is 0 Å². The molecule has 0 heterocycles. The van der Waals surface area contributed by atoms with Crippen LogP contribution in [-0.2, 0) is 4.79 Å². The van der Waals surface area contributed by atoms with E-state index in [1.807, 2.05) is 0 Å². The number of aliphatic hydroxyl groups is 1. The van der Waals surface area contributed by atoms with E-state index in [0.717, 1.165) is 38.5 Å². The minimum absolute atomic E-state index is 0.107. The molecule has 0 radical (unpaired) electrons. The molecule has 1 aliphatic carbocycles. The Balaban J connectivity index is 2.14. The van der Waals surface area contributed by atoms with Crippen molar-refractivity contribution in [2.24, 2.45) is 11.7 Å². The fourth-order valence-corrected chi connectivity index (χ4v) is 2.22. The number of carbonyl (C=O) groups is 1. The molecule has 4 nitrogen and oxygen atoms in total. The molecule has 0 aromatic carbocycles. The zero-order valence-corrected chi connectivity index (χ0v) is 10.1. The highest BCUT2D eigenvalue weighted by molar-refractivity contribution is 5.78. The van der Waals surface area contributed by atoms with Gasteiger partial charge in [-0.05, 0) is 39.0 Å². The highest BCUT2D eigenvalue weighted by atomic mass is 16.3. The zero-order chi connectivity index (χ0) is 12.0. The van der Waals surface area contributed by atoms with Gasteiger partial charge in [-0.15, -0.1) is 0 Å². The van der Waals surface area contributed by atoms with Crippen molar-refractivity contribution >= 4 is 5.91 Å². The smallest absolute Gasteiger partial charge is 0.223 e. The maximum atomic E-state index is 11.8. The van der Waals surface area contributed by atoms with Gasteiger partial charge in [0.25, 0.3) is 0 Å². The second-order valence-corrected chi connectivity index (χ2v) is 4.91. The summed E-state index contributed by atoms with van der Waals surface area (Å²) in [7, 11) is 0. The third-order valence-electron chi connectivity index (χ3n) is 3.18. The lowest BCUT2D eigenvalue weighted by Gasteiger charge is -2.25. The molecular formula is C12H24N2O2. The number of nitrogens with two attached hydrogens (primary N) is 1. The van der Waals surface area contributed by atoms with E-state index in [4.69, 9.17) is 10.8 Å². The third kappa shape index (κ3) is 4.94. The Kier molecular flexibility index (Phi) is 5.77. The second-order valence-electron chi connectivity index (χ2n) is 4.91. The number of carbonyl (C=O) groups excluding carboxylic acids is 1. The predicted molar refractivity (Wildman–Crippen MR) is 63.9 cm³/mol. The van der Waals surface area contributed by atoms with E-state index in [1.54, 1.807) is 6.92 Å². The molecule has 0 aromatic rings. The van der Waals surface area contributed by atoms with E-state index >= 15 is 0 Å². The van der Waals surface area contributed by atoms with Gasteiger partial charge >= 0.3 is 0 Å². The van der Waals surface area contributed by atoms with Crippen LogP contribution >= 0.6 is 0 Å². The standard InChI is InChI=1S/C12H24N2O2/c1-9(15)4-3-7-14-12(16)10-5-2-6-11(13)8-10/h9-11,15H,2-8,13H2,1H3,(H,14,16). The van der Waals surface area contributed by atoms with Crippen LogP contribution in [-0.4, -0.2) is 29.7 Å². The van der Waals surface area contributed by atoms with Crippen LogP contribution in [0.2, 0.25) is 0 Å². The highest BCUT2D eigenvalue weighted by Gasteiger charge is 2.24. The molecule has 1 fully saturated rings. The van der Waals surface area contributed by atoms with Crippen LogP contribution in [0.5, 0.6) is 0 Å². The Labute approximate surface area is 97.6 Å². The topological polar surface area (TPSA) is 75.3 Å². The maximum absolute atomic E-state index is 11.8. The van der Waals surface area contributed by atoms with Crippen molar-refractivity contribution in [3.05, 3.63) is 0 Å². The van der Waals surface area contributed by atoms with Gasteiger partial charge in [0.05, 0.1) is 6.10 Å². The molecule has 0 spiro atoms. The first-order valence-electron chi connectivity index (χ1n) is 6.31. The molecule has 1 saturated carbocycles. The average Bonchev–Trinajstić information content (AvgIpc) is 2.24. The van der Waals surface area contributed by atoms with Gasteiger partial charge in [0, 0.05) is 18.5 Å². The normalized spacial score (nSPS) is 27.4. The molecule has 1 rings (SSSR count). The first kappa shape index (κ1) is 13.5. The Hall–Kier alpha value is -0.610. The molecule has 4 N–H and O–H groups in total. The van der Waals surface area contributed by atoms with Gasteiger partial charge in [-0.2, -0.15) is 0 Å². The SMILES string of the molecule is CC(O)CCCNC(=O)C1CCCC(N)C1. The summed E-state index contributed by atoms with van der Waals surface area (Å²) in [4.78, 5) is 11.8. The number of nitrogens with one attached hydrogen (secondary N) is 1. The monoisotopic (exact) mass is 228 g/mol. The van der Waals surface area contributed by atoms with Crippen molar-refractivity contribution < 1.29 is 9.90 Å². The van der Waals surface area contributed by atoms with E-state index in [-0.39, 0.29) is 24.0 Å². The van der Waals surface area contributed by atoms with Gasteiger partial charge in [0.1, 0.15) is 0 Å². The summed E-state index contributed by atoms with van der Waals surface area (Å²) in [5, 5.41) is 12.0. The minimum Gasteiger partial charge on any atom is -0.393 e. The van der Waals surface area contributed by atoms with E-state index in [9.17, 15) is 4.79 Å². The van der Waals surface area contributed by atoms with Crippen molar-refractivity contribution in [2.75, 3.05) is 6.54 Å². The van der Waals surface area contributed by atoms with Gasteiger partial charge in [-0.3, -0.25) is 4.79 Å². The van der Waals surface area contributed by atoms with Crippen LogP contribution in [0.15, 0.2) is 0 Å². The Morgan fingerprint density at radius 2 is 2.31 bits per heavy atom. The van der Waals surface area contributed by atoms with Crippen molar-refractivity contribution in [1.82, 2.24) is 5.32 Å². The number of hydrogen-bond acceptors (Lipinski definition) is 3. The number of rotatable bonds is 5. The summed E-state index contributed by atoms with van der Waals surface area (Å²) in [5.41, 5.74) is 5.84. The summed E-state index contributed by atoms with van der Waals surface area (Å²) < 4.78 is 0.